The molecular formula is C14H19BrN2O2S. The molecular weight excluding hydrogens is 340 g/mol. The van der Waals surface area contributed by atoms with Crippen molar-refractivity contribution in [2.75, 3.05) is 18.1 Å². The number of rotatable bonds is 6. The van der Waals surface area contributed by atoms with E-state index in [1.807, 2.05) is 23.9 Å². The van der Waals surface area contributed by atoms with Crippen molar-refractivity contribution < 1.29 is 4.92 Å². The largest absolute Gasteiger partial charge is 0.314 e. The van der Waals surface area contributed by atoms with Crippen LogP contribution in [0.3, 0.4) is 0 Å². The molecule has 1 aliphatic rings. The number of nitrogens with zero attached hydrogens (tertiary/aromatic N) is 1. The first-order valence-corrected chi connectivity index (χ1v) is 8.85. The lowest BCUT2D eigenvalue weighted by atomic mass is 10.1. The Morgan fingerprint density at radius 3 is 2.85 bits per heavy atom. The Morgan fingerprint density at radius 2 is 2.15 bits per heavy atom. The van der Waals surface area contributed by atoms with Gasteiger partial charge in [0.15, 0.2) is 0 Å². The summed E-state index contributed by atoms with van der Waals surface area (Å²) in [5.41, 5.74) is 1.03. The topological polar surface area (TPSA) is 55.2 Å². The van der Waals surface area contributed by atoms with Crippen molar-refractivity contribution in [1.29, 1.82) is 0 Å². The predicted octanol–water partition coefficient (Wildman–Crippen LogP) is 3.78. The van der Waals surface area contributed by atoms with Crippen LogP contribution < -0.4 is 5.32 Å². The molecule has 1 aliphatic heterocycles. The summed E-state index contributed by atoms with van der Waals surface area (Å²) in [6, 6.07) is 5.94. The van der Waals surface area contributed by atoms with Gasteiger partial charge in [-0.2, -0.15) is 11.8 Å². The molecule has 0 aromatic heterocycles. The average molecular weight is 359 g/mol. The molecule has 1 aromatic carbocycles. The molecule has 0 atom stereocenters. The Morgan fingerprint density at radius 1 is 1.40 bits per heavy atom. The maximum Gasteiger partial charge on any atom is 0.273 e. The molecule has 0 aliphatic carbocycles. The third-order valence-corrected chi connectivity index (χ3v) is 5.06. The number of nitrogens with one attached hydrogen (secondary N) is 1. The molecule has 0 amide bonds. The summed E-state index contributed by atoms with van der Waals surface area (Å²) in [7, 11) is 0. The molecule has 1 aromatic rings. The summed E-state index contributed by atoms with van der Waals surface area (Å²) in [6.07, 6.45) is 4.16. The number of nitro groups is 1. The number of nitro benzene ring substituents is 1. The molecule has 0 spiro atoms. The van der Waals surface area contributed by atoms with Gasteiger partial charge in [0.25, 0.3) is 5.69 Å². The molecule has 0 unspecified atom stereocenters. The fourth-order valence-electron chi connectivity index (χ4n) is 2.41. The van der Waals surface area contributed by atoms with Crippen LogP contribution in [0.25, 0.3) is 0 Å². The first kappa shape index (κ1) is 15.8. The van der Waals surface area contributed by atoms with Crippen LogP contribution >= 0.6 is 27.7 Å². The highest BCUT2D eigenvalue weighted by Crippen LogP contribution is 2.24. The molecule has 2 rings (SSSR count). The molecule has 0 bridgehead atoms. The molecule has 1 saturated heterocycles. The van der Waals surface area contributed by atoms with Crippen LogP contribution in [0.2, 0.25) is 0 Å². The van der Waals surface area contributed by atoms with Crippen molar-refractivity contribution in [3.63, 3.8) is 0 Å². The Balaban J connectivity index is 1.80. The van der Waals surface area contributed by atoms with Gasteiger partial charge in [0.2, 0.25) is 0 Å². The monoisotopic (exact) mass is 358 g/mol. The van der Waals surface area contributed by atoms with E-state index >= 15 is 0 Å². The summed E-state index contributed by atoms with van der Waals surface area (Å²) in [6.45, 7) is 0.933. The van der Waals surface area contributed by atoms with E-state index in [0.29, 0.717) is 6.04 Å². The molecule has 6 heteroatoms. The van der Waals surface area contributed by atoms with Crippen LogP contribution in [0.1, 0.15) is 24.8 Å². The third kappa shape index (κ3) is 4.75. The average Bonchev–Trinajstić information content (AvgIpc) is 2.45. The van der Waals surface area contributed by atoms with E-state index in [1.165, 1.54) is 24.3 Å². The Bertz CT molecular complexity index is 464. The standard InChI is InChI=1S/C14H19BrN2O2S/c15-12-4-3-11(14(10-12)17(18)19)2-1-7-16-13-5-8-20-9-6-13/h3-4,10,13,16H,1-2,5-9H2. The van der Waals surface area contributed by atoms with Gasteiger partial charge in [0.1, 0.15) is 0 Å². The summed E-state index contributed by atoms with van der Waals surface area (Å²) < 4.78 is 0.755. The molecule has 1 N–H and O–H groups in total. The lowest BCUT2D eigenvalue weighted by Crippen LogP contribution is -2.33. The number of hydrogen-bond donors (Lipinski definition) is 1. The third-order valence-electron chi connectivity index (χ3n) is 3.52. The maximum atomic E-state index is 11.0. The van der Waals surface area contributed by atoms with Gasteiger partial charge in [0, 0.05) is 22.1 Å². The molecule has 4 nitrogen and oxygen atoms in total. The lowest BCUT2D eigenvalue weighted by Gasteiger charge is -2.22. The zero-order valence-electron chi connectivity index (χ0n) is 11.3. The van der Waals surface area contributed by atoms with E-state index in [-0.39, 0.29) is 10.6 Å². The van der Waals surface area contributed by atoms with Crippen LogP contribution in [-0.4, -0.2) is 29.0 Å². The van der Waals surface area contributed by atoms with Crippen LogP contribution in [0, 0.1) is 10.1 Å². The summed E-state index contributed by atoms with van der Waals surface area (Å²) in [5, 5.41) is 14.6. The fraction of sp³-hybridized carbons (Fsp3) is 0.571. The zero-order chi connectivity index (χ0) is 14.4. The van der Waals surface area contributed by atoms with Gasteiger partial charge >= 0.3 is 0 Å². The van der Waals surface area contributed by atoms with Gasteiger partial charge in [-0.05, 0) is 49.8 Å². The summed E-state index contributed by atoms with van der Waals surface area (Å²) >= 11 is 5.30. The molecule has 0 saturated carbocycles. The van der Waals surface area contributed by atoms with Crippen LogP contribution in [0.15, 0.2) is 22.7 Å². The molecule has 1 heterocycles. The minimum atomic E-state index is -0.300. The quantitative estimate of drug-likeness (QED) is 0.477. The first-order chi connectivity index (χ1) is 9.66. The number of halogens is 1. The Kier molecular flexibility index (Phi) is 6.32. The van der Waals surface area contributed by atoms with Gasteiger partial charge < -0.3 is 5.32 Å². The summed E-state index contributed by atoms with van der Waals surface area (Å²) in [4.78, 5) is 10.7. The second kappa shape index (κ2) is 8.00. The summed E-state index contributed by atoms with van der Waals surface area (Å²) in [5.74, 6) is 2.49. The minimum absolute atomic E-state index is 0.216. The fourth-order valence-corrected chi connectivity index (χ4v) is 3.86. The second-order valence-electron chi connectivity index (χ2n) is 4.97. The van der Waals surface area contributed by atoms with E-state index in [0.717, 1.165) is 29.4 Å². The number of aryl methyl sites for hydroxylation is 1. The van der Waals surface area contributed by atoms with E-state index in [4.69, 9.17) is 0 Å². The van der Waals surface area contributed by atoms with Crippen molar-refractivity contribution in [1.82, 2.24) is 5.32 Å². The van der Waals surface area contributed by atoms with Gasteiger partial charge in [-0.25, -0.2) is 0 Å². The van der Waals surface area contributed by atoms with Gasteiger partial charge in [-0.3, -0.25) is 10.1 Å². The highest BCUT2D eigenvalue weighted by atomic mass is 79.9. The highest BCUT2D eigenvalue weighted by Gasteiger charge is 2.15. The SMILES string of the molecule is O=[N+]([O-])c1cc(Br)ccc1CCCNC1CCSCC1. The Hall–Kier alpha value is -0.590. The Labute approximate surface area is 132 Å². The smallest absolute Gasteiger partial charge is 0.273 e. The maximum absolute atomic E-state index is 11.0. The van der Waals surface area contributed by atoms with Crippen molar-refractivity contribution >= 4 is 33.4 Å². The van der Waals surface area contributed by atoms with Crippen molar-refractivity contribution in [2.24, 2.45) is 0 Å². The van der Waals surface area contributed by atoms with E-state index in [2.05, 4.69) is 21.2 Å². The number of thioether (sulfide) groups is 1. The predicted molar refractivity (Wildman–Crippen MR) is 87.5 cm³/mol. The normalized spacial score (nSPS) is 16.2. The highest BCUT2D eigenvalue weighted by molar-refractivity contribution is 9.10. The van der Waals surface area contributed by atoms with Gasteiger partial charge in [-0.1, -0.05) is 22.0 Å². The molecule has 0 radical (unpaired) electrons. The first-order valence-electron chi connectivity index (χ1n) is 6.91. The lowest BCUT2D eigenvalue weighted by molar-refractivity contribution is -0.385. The van der Waals surface area contributed by atoms with Crippen molar-refractivity contribution in [2.45, 2.75) is 31.7 Å². The minimum Gasteiger partial charge on any atom is -0.314 e. The zero-order valence-corrected chi connectivity index (χ0v) is 13.7. The molecule has 1 fully saturated rings. The number of benzene rings is 1. The van der Waals surface area contributed by atoms with E-state index < -0.39 is 0 Å². The van der Waals surface area contributed by atoms with Gasteiger partial charge in [-0.15, -0.1) is 0 Å². The van der Waals surface area contributed by atoms with Crippen molar-refractivity contribution in [3.05, 3.63) is 38.3 Å². The van der Waals surface area contributed by atoms with Crippen molar-refractivity contribution in [3.8, 4) is 0 Å². The second-order valence-corrected chi connectivity index (χ2v) is 7.11. The van der Waals surface area contributed by atoms with E-state index in [9.17, 15) is 10.1 Å². The van der Waals surface area contributed by atoms with E-state index in [1.54, 1.807) is 6.07 Å². The van der Waals surface area contributed by atoms with Gasteiger partial charge in [0.05, 0.1) is 4.92 Å². The molecule has 110 valence electrons. The van der Waals surface area contributed by atoms with Crippen LogP contribution in [0.4, 0.5) is 5.69 Å². The van der Waals surface area contributed by atoms with Crippen LogP contribution in [0.5, 0.6) is 0 Å². The number of hydrogen-bond acceptors (Lipinski definition) is 4. The molecule has 20 heavy (non-hydrogen) atoms. The van der Waals surface area contributed by atoms with Crippen LogP contribution in [-0.2, 0) is 6.42 Å².